The summed E-state index contributed by atoms with van der Waals surface area (Å²) in [6.45, 7) is 2.29. The summed E-state index contributed by atoms with van der Waals surface area (Å²) < 4.78 is 0. The van der Waals surface area contributed by atoms with Gasteiger partial charge >= 0.3 is 0 Å². The summed E-state index contributed by atoms with van der Waals surface area (Å²) in [5.41, 5.74) is 2.32. The van der Waals surface area contributed by atoms with E-state index in [1.54, 1.807) is 6.07 Å². The number of anilines is 1. The van der Waals surface area contributed by atoms with E-state index in [-0.39, 0.29) is 11.5 Å². The van der Waals surface area contributed by atoms with Gasteiger partial charge in [-0.1, -0.05) is 0 Å². The number of aryl methyl sites for hydroxylation is 1. The average molecular weight is 270 g/mol. The van der Waals surface area contributed by atoms with Crippen LogP contribution in [-0.4, -0.2) is 25.2 Å². The van der Waals surface area contributed by atoms with E-state index in [9.17, 15) is 10.2 Å². The molecule has 2 heterocycles. The average Bonchev–Trinajstić information content (AvgIpc) is 2.86. The maximum atomic E-state index is 9.72. The fourth-order valence-corrected chi connectivity index (χ4v) is 2.05. The van der Waals surface area contributed by atoms with Crippen LogP contribution in [0, 0.1) is 6.92 Å². The van der Waals surface area contributed by atoms with E-state index in [4.69, 9.17) is 0 Å². The molecule has 20 heavy (non-hydrogen) atoms. The van der Waals surface area contributed by atoms with Gasteiger partial charge in [-0.25, -0.2) is 4.98 Å². The molecule has 0 atom stereocenters. The zero-order chi connectivity index (χ0) is 14.1. The Morgan fingerprint density at radius 1 is 1.20 bits per heavy atom. The molecule has 0 amide bonds. The summed E-state index contributed by atoms with van der Waals surface area (Å²) in [7, 11) is 0. The van der Waals surface area contributed by atoms with Crippen molar-refractivity contribution in [1.82, 2.24) is 15.0 Å². The number of phenols is 2. The van der Waals surface area contributed by atoms with Crippen LogP contribution in [0.25, 0.3) is 11.0 Å². The Balaban J connectivity index is 1.82. The lowest BCUT2D eigenvalue weighted by Crippen LogP contribution is -2.04. The second-order valence-corrected chi connectivity index (χ2v) is 4.54. The molecule has 3 rings (SSSR count). The zero-order valence-corrected chi connectivity index (χ0v) is 10.9. The van der Waals surface area contributed by atoms with Crippen LogP contribution >= 0.6 is 0 Å². The molecule has 1 aromatic carbocycles. The van der Waals surface area contributed by atoms with E-state index in [0.29, 0.717) is 18.1 Å². The number of H-pyrrole nitrogens is 1. The second kappa shape index (κ2) is 4.73. The predicted molar refractivity (Wildman–Crippen MR) is 75.7 cm³/mol. The third-order valence-corrected chi connectivity index (χ3v) is 3.11. The van der Waals surface area contributed by atoms with Gasteiger partial charge in [0.2, 0.25) is 5.95 Å². The van der Waals surface area contributed by atoms with Gasteiger partial charge in [-0.15, -0.1) is 0 Å². The fourth-order valence-electron chi connectivity index (χ4n) is 2.05. The van der Waals surface area contributed by atoms with Crippen LogP contribution < -0.4 is 5.32 Å². The Labute approximate surface area is 115 Å². The van der Waals surface area contributed by atoms with Crippen molar-refractivity contribution in [2.24, 2.45) is 0 Å². The van der Waals surface area contributed by atoms with Crippen molar-refractivity contribution in [3.63, 3.8) is 0 Å². The Bertz CT molecular complexity index is 767. The lowest BCUT2D eigenvalue weighted by atomic mass is 10.2. The first kappa shape index (κ1) is 12.3. The number of rotatable bonds is 3. The summed E-state index contributed by atoms with van der Waals surface area (Å²) in [5, 5.41) is 23.0. The Morgan fingerprint density at radius 2 is 2.05 bits per heavy atom. The zero-order valence-electron chi connectivity index (χ0n) is 10.9. The Kier molecular flexibility index (Phi) is 2.90. The van der Waals surface area contributed by atoms with Crippen molar-refractivity contribution >= 4 is 17.0 Å². The van der Waals surface area contributed by atoms with E-state index in [1.165, 1.54) is 12.1 Å². The molecule has 0 saturated heterocycles. The van der Waals surface area contributed by atoms with Crippen molar-refractivity contribution in [3.8, 4) is 11.5 Å². The number of nitrogens with one attached hydrogen (secondary N) is 2. The minimum atomic E-state index is 0.0335. The highest BCUT2D eigenvalue weighted by Gasteiger charge is 2.06. The van der Waals surface area contributed by atoms with Gasteiger partial charge in [0.25, 0.3) is 0 Å². The molecule has 0 spiro atoms. The molecule has 6 heteroatoms. The minimum Gasteiger partial charge on any atom is -0.508 e. The van der Waals surface area contributed by atoms with Crippen LogP contribution in [0.15, 0.2) is 30.5 Å². The number of aromatic amines is 1. The van der Waals surface area contributed by atoms with Crippen LogP contribution in [0.1, 0.15) is 11.3 Å². The highest BCUT2D eigenvalue weighted by molar-refractivity contribution is 5.78. The molecule has 4 N–H and O–H groups in total. The second-order valence-electron chi connectivity index (χ2n) is 4.54. The number of aromatic nitrogens is 3. The first-order chi connectivity index (χ1) is 9.63. The molecule has 0 bridgehead atoms. The number of nitrogens with zero attached hydrogens (tertiary/aromatic N) is 2. The van der Waals surface area contributed by atoms with Gasteiger partial charge in [0.05, 0.1) is 5.69 Å². The number of phenolic OH excluding ortho intramolecular Hbond substituents is 2. The number of hydrogen-bond acceptors (Lipinski definition) is 5. The van der Waals surface area contributed by atoms with E-state index in [2.05, 4.69) is 20.3 Å². The Morgan fingerprint density at radius 3 is 2.85 bits per heavy atom. The van der Waals surface area contributed by atoms with Crippen LogP contribution in [0.3, 0.4) is 0 Å². The Hall–Kier alpha value is -2.76. The number of aromatic hydroxyl groups is 2. The van der Waals surface area contributed by atoms with Crippen molar-refractivity contribution < 1.29 is 10.2 Å². The quantitative estimate of drug-likeness (QED) is 0.586. The number of hydrogen-bond donors (Lipinski definition) is 4. The van der Waals surface area contributed by atoms with E-state index >= 15 is 0 Å². The molecule has 0 unspecified atom stereocenters. The molecule has 0 aliphatic heterocycles. The van der Waals surface area contributed by atoms with Crippen molar-refractivity contribution in [2.45, 2.75) is 13.5 Å². The minimum absolute atomic E-state index is 0.0335. The summed E-state index contributed by atoms with van der Waals surface area (Å²) >= 11 is 0. The lowest BCUT2D eigenvalue weighted by molar-refractivity contribution is 0.446. The normalized spacial score (nSPS) is 10.8. The molecule has 6 nitrogen and oxygen atoms in total. The third-order valence-electron chi connectivity index (χ3n) is 3.11. The summed E-state index contributed by atoms with van der Waals surface area (Å²) in [6, 6.07) is 6.41. The summed E-state index contributed by atoms with van der Waals surface area (Å²) in [6.07, 6.45) is 1.82. The number of fused-ring (bicyclic) bond motifs is 1. The SMILES string of the molecule is Cc1nc(NCc2ccc(O)cc2O)nc2[nH]ccc12. The van der Waals surface area contributed by atoms with E-state index in [1.807, 2.05) is 19.2 Å². The first-order valence-corrected chi connectivity index (χ1v) is 6.20. The molecule has 2 aromatic heterocycles. The topological polar surface area (TPSA) is 94.1 Å². The molecule has 0 saturated carbocycles. The van der Waals surface area contributed by atoms with Gasteiger partial charge < -0.3 is 20.5 Å². The molecule has 102 valence electrons. The van der Waals surface area contributed by atoms with Crippen LogP contribution in [0.4, 0.5) is 5.95 Å². The van der Waals surface area contributed by atoms with Gasteiger partial charge in [-0.3, -0.25) is 0 Å². The van der Waals surface area contributed by atoms with Crippen molar-refractivity contribution in [1.29, 1.82) is 0 Å². The van der Waals surface area contributed by atoms with Crippen molar-refractivity contribution in [3.05, 3.63) is 41.7 Å². The van der Waals surface area contributed by atoms with Crippen molar-refractivity contribution in [2.75, 3.05) is 5.32 Å². The molecule has 0 radical (unpaired) electrons. The summed E-state index contributed by atoms with van der Waals surface area (Å²) in [5.74, 6) is 0.561. The largest absolute Gasteiger partial charge is 0.508 e. The lowest BCUT2D eigenvalue weighted by Gasteiger charge is -2.08. The van der Waals surface area contributed by atoms with Gasteiger partial charge in [0.1, 0.15) is 17.1 Å². The third kappa shape index (κ3) is 2.23. The standard InChI is InChI=1S/C14H14N4O2/c1-8-11-4-5-15-13(11)18-14(17-8)16-7-9-2-3-10(19)6-12(9)20/h2-6,19-20H,7H2,1H3,(H2,15,16,17,18). The van der Waals surface area contributed by atoms with Gasteiger partial charge in [-0.05, 0) is 25.1 Å². The van der Waals surface area contributed by atoms with E-state index < -0.39 is 0 Å². The number of benzene rings is 1. The van der Waals surface area contributed by atoms with Gasteiger partial charge in [0.15, 0.2) is 0 Å². The fraction of sp³-hybridized carbons (Fsp3) is 0.143. The highest BCUT2D eigenvalue weighted by Crippen LogP contribution is 2.23. The molecular formula is C14H14N4O2. The maximum absolute atomic E-state index is 9.72. The highest BCUT2D eigenvalue weighted by atomic mass is 16.3. The smallest absolute Gasteiger partial charge is 0.225 e. The van der Waals surface area contributed by atoms with Crippen LogP contribution in [-0.2, 0) is 6.54 Å². The summed E-state index contributed by atoms with van der Waals surface area (Å²) in [4.78, 5) is 11.8. The molecule has 0 aliphatic carbocycles. The van der Waals surface area contributed by atoms with Gasteiger partial charge in [-0.2, -0.15) is 4.98 Å². The van der Waals surface area contributed by atoms with Crippen LogP contribution in [0.5, 0.6) is 11.5 Å². The molecular weight excluding hydrogens is 256 g/mol. The monoisotopic (exact) mass is 270 g/mol. The van der Waals surface area contributed by atoms with Crippen LogP contribution in [0.2, 0.25) is 0 Å². The van der Waals surface area contributed by atoms with Gasteiger partial charge in [0, 0.05) is 29.8 Å². The maximum Gasteiger partial charge on any atom is 0.225 e. The van der Waals surface area contributed by atoms with E-state index in [0.717, 1.165) is 16.7 Å². The molecule has 3 aromatic rings. The molecule has 0 fully saturated rings. The molecule has 0 aliphatic rings. The predicted octanol–water partition coefficient (Wildman–Crippen LogP) is 2.29. The first-order valence-electron chi connectivity index (χ1n) is 6.20.